The first-order valence-corrected chi connectivity index (χ1v) is 12.7. The van der Waals surface area contributed by atoms with Crippen LogP contribution in [-0.4, -0.2) is 20.7 Å². The summed E-state index contributed by atoms with van der Waals surface area (Å²) in [6, 6.07) is 8.34. The molecule has 1 aliphatic carbocycles. The predicted molar refractivity (Wildman–Crippen MR) is 140 cm³/mol. The Bertz CT molecular complexity index is 876. The molecule has 0 atom stereocenters. The van der Waals surface area contributed by atoms with Crippen molar-refractivity contribution in [1.29, 1.82) is 0 Å². The third-order valence-electron chi connectivity index (χ3n) is 5.60. The topological polar surface area (TPSA) is 52.9 Å². The molecule has 0 amide bonds. The van der Waals surface area contributed by atoms with Gasteiger partial charge in [-0.3, -0.25) is 5.10 Å². The number of H-pyrrole nitrogens is 1. The zero-order valence-corrected chi connectivity index (χ0v) is 21.6. The van der Waals surface area contributed by atoms with Gasteiger partial charge in [-0.2, -0.15) is 9.04 Å². The fraction of sp³-hybridized carbons (Fsp3) is 0.519. The number of fused-ring (bicyclic) bond motifs is 1. The Morgan fingerprint density at radius 1 is 1.18 bits per heavy atom. The molecule has 2 N–H and O–H groups in total. The van der Waals surface area contributed by atoms with Gasteiger partial charge >= 0.3 is 0 Å². The van der Waals surface area contributed by atoms with Crippen LogP contribution < -0.4 is 5.32 Å². The number of nitrogens with zero attached hydrogens (tertiary/aromatic N) is 2. The van der Waals surface area contributed by atoms with Gasteiger partial charge in [-0.15, -0.1) is 0 Å². The van der Waals surface area contributed by atoms with E-state index in [-0.39, 0.29) is 0 Å². The van der Waals surface area contributed by atoms with Gasteiger partial charge in [0.25, 0.3) is 12.4 Å². The van der Waals surface area contributed by atoms with Crippen molar-refractivity contribution in [3.8, 4) is 0 Å². The number of allylic oxidation sites excluding steroid dienone is 3. The first kappa shape index (κ1) is 26.8. The molecule has 6 heteroatoms. The Labute approximate surface area is 205 Å². The molecule has 33 heavy (non-hydrogen) atoms. The molecule has 4 rings (SSSR count). The minimum atomic E-state index is 0.474. The summed E-state index contributed by atoms with van der Waals surface area (Å²) in [5, 5.41) is 10.1. The van der Waals surface area contributed by atoms with Gasteiger partial charge in [0.1, 0.15) is 11.6 Å². The lowest BCUT2D eigenvalue weighted by Crippen LogP contribution is -2.19. The van der Waals surface area contributed by atoms with Gasteiger partial charge in [-0.05, 0) is 43.2 Å². The summed E-state index contributed by atoms with van der Waals surface area (Å²) in [6.45, 7) is 10.1. The second kappa shape index (κ2) is 15.4. The number of rotatable bonds is 6. The molecule has 0 radical (unpaired) electrons. The zero-order chi connectivity index (χ0) is 23.9. The van der Waals surface area contributed by atoms with Crippen LogP contribution in [0, 0.1) is 5.92 Å². The molecule has 0 bridgehead atoms. The molecule has 2 aromatic rings. The van der Waals surface area contributed by atoms with Crippen LogP contribution >= 0.6 is 0 Å². The first-order valence-electron chi connectivity index (χ1n) is 12.3. The summed E-state index contributed by atoms with van der Waals surface area (Å²) in [6.07, 6.45) is 17.1. The standard InChI is InChI=1S/C12H13N4S.C10H18O.C5H10/c17-16-6-4-9-1-2-11(7-10(9)8-16)14-12-3-5-13-15-12;1-5-7-8-11-10(6-2)9(3)4;1-2-4-5-3-1/h1-3,5,7H,4,6,8H2,(H2,13,14,15);6-9H,5H2,1-4H3;1-5H2/q+1;;/b;8-7+,10-6-;. The largest absolute Gasteiger partial charge is 0.470 e. The summed E-state index contributed by atoms with van der Waals surface area (Å²) >= 11 is 5.22. The highest BCUT2D eigenvalue weighted by molar-refractivity contribution is 7.44. The molecule has 5 nitrogen and oxygen atoms in total. The summed E-state index contributed by atoms with van der Waals surface area (Å²) in [5.41, 5.74) is 3.79. The highest BCUT2D eigenvalue weighted by Gasteiger charge is 2.18. The Balaban J connectivity index is 0.000000206. The van der Waals surface area contributed by atoms with Gasteiger partial charge in [-0.25, -0.2) is 0 Å². The number of hydrogen-bond acceptors (Lipinski definition) is 4. The molecule has 2 aliphatic rings. The minimum absolute atomic E-state index is 0.474. The number of nitrogens with one attached hydrogen (secondary N) is 2. The van der Waals surface area contributed by atoms with E-state index in [1.54, 1.807) is 12.5 Å². The van der Waals surface area contributed by atoms with E-state index in [9.17, 15) is 0 Å². The molecule has 0 saturated heterocycles. The molecule has 1 fully saturated rings. The van der Waals surface area contributed by atoms with Crippen LogP contribution in [0.1, 0.15) is 77.3 Å². The van der Waals surface area contributed by atoms with E-state index in [2.05, 4.69) is 54.5 Å². The van der Waals surface area contributed by atoms with Gasteiger partial charge in [0.05, 0.1) is 12.5 Å². The van der Waals surface area contributed by atoms with Crippen LogP contribution in [0.5, 0.6) is 0 Å². The lowest BCUT2D eigenvalue weighted by Gasteiger charge is -2.14. The fourth-order valence-electron chi connectivity index (χ4n) is 3.73. The lowest BCUT2D eigenvalue weighted by atomic mass is 10.0. The van der Waals surface area contributed by atoms with E-state index in [0.29, 0.717) is 5.92 Å². The van der Waals surface area contributed by atoms with E-state index in [1.807, 2.05) is 29.1 Å². The van der Waals surface area contributed by atoms with E-state index < -0.39 is 0 Å². The summed E-state index contributed by atoms with van der Waals surface area (Å²) < 4.78 is 7.31. The normalized spacial score (nSPS) is 15.4. The fourth-order valence-corrected chi connectivity index (χ4v) is 3.96. The molecule has 0 spiro atoms. The van der Waals surface area contributed by atoms with Crippen LogP contribution in [0.15, 0.2) is 54.6 Å². The highest BCUT2D eigenvalue weighted by Crippen LogP contribution is 2.22. The second-order valence-electron chi connectivity index (χ2n) is 8.70. The molecule has 1 saturated carbocycles. The van der Waals surface area contributed by atoms with Crippen LogP contribution in [0.25, 0.3) is 0 Å². The SMILES string of the molecule is C/C=C(\O/C=C/CC)C(C)C.C1CCCC1.S=[N+]1CCc2ccc(Nc3ccn[nH]3)cc2C1. The number of ether oxygens (including phenoxy) is 1. The Morgan fingerprint density at radius 3 is 2.48 bits per heavy atom. The van der Waals surface area contributed by atoms with E-state index in [4.69, 9.17) is 17.2 Å². The van der Waals surface area contributed by atoms with Crippen LogP contribution in [-0.2, 0) is 30.1 Å². The molecule has 1 aromatic carbocycles. The number of aromatic amines is 1. The summed E-state index contributed by atoms with van der Waals surface area (Å²) in [4.78, 5) is 0. The van der Waals surface area contributed by atoms with Gasteiger partial charge in [0, 0.05) is 29.7 Å². The number of anilines is 2. The van der Waals surface area contributed by atoms with Crippen LogP contribution in [0.4, 0.5) is 11.5 Å². The third-order valence-corrected chi connectivity index (χ3v) is 5.91. The van der Waals surface area contributed by atoms with Crippen LogP contribution in [0.3, 0.4) is 0 Å². The van der Waals surface area contributed by atoms with E-state index in [0.717, 1.165) is 43.2 Å². The van der Waals surface area contributed by atoms with Crippen molar-refractivity contribution < 1.29 is 8.68 Å². The van der Waals surface area contributed by atoms with Crippen molar-refractivity contribution in [2.24, 2.45) is 5.92 Å². The molecule has 180 valence electrons. The van der Waals surface area contributed by atoms with Crippen molar-refractivity contribution in [3.05, 3.63) is 65.8 Å². The Kier molecular flexibility index (Phi) is 12.5. The molecular weight excluding hydrogens is 428 g/mol. The average Bonchev–Trinajstić information content (AvgIpc) is 3.54. The predicted octanol–water partition coefficient (Wildman–Crippen LogP) is 7.39. The number of benzene rings is 1. The molecule has 2 heterocycles. The van der Waals surface area contributed by atoms with Crippen molar-refractivity contribution in [1.82, 2.24) is 10.2 Å². The summed E-state index contributed by atoms with van der Waals surface area (Å²) in [7, 11) is 0. The highest BCUT2D eigenvalue weighted by atomic mass is 32.1. The van der Waals surface area contributed by atoms with Gasteiger partial charge in [0.2, 0.25) is 0 Å². The van der Waals surface area contributed by atoms with Gasteiger partial charge < -0.3 is 10.1 Å². The quantitative estimate of drug-likeness (QED) is 0.342. The van der Waals surface area contributed by atoms with Crippen molar-refractivity contribution >= 4 is 23.9 Å². The maximum atomic E-state index is 5.37. The first-order chi connectivity index (χ1) is 16.0. The number of hydrogen-bond donors (Lipinski definition) is 2. The Hall–Kier alpha value is -2.47. The smallest absolute Gasteiger partial charge is 0.263 e. The third kappa shape index (κ3) is 10.3. The zero-order valence-electron chi connectivity index (χ0n) is 20.8. The second-order valence-corrected chi connectivity index (χ2v) is 9.22. The van der Waals surface area contributed by atoms with Crippen molar-refractivity contribution in [2.45, 2.75) is 79.2 Å². The van der Waals surface area contributed by atoms with Crippen LogP contribution in [0.2, 0.25) is 0 Å². The maximum absolute atomic E-state index is 5.37. The van der Waals surface area contributed by atoms with Crippen molar-refractivity contribution in [3.63, 3.8) is 0 Å². The lowest BCUT2D eigenvalue weighted by molar-refractivity contribution is -0.518. The van der Waals surface area contributed by atoms with Gasteiger partial charge in [0.15, 0.2) is 13.1 Å². The molecule has 0 unspecified atom stereocenters. The molecular formula is C27H41N4OS+. The molecule has 1 aliphatic heterocycles. The van der Waals surface area contributed by atoms with Crippen molar-refractivity contribution in [2.75, 3.05) is 11.9 Å². The Morgan fingerprint density at radius 2 is 1.91 bits per heavy atom. The van der Waals surface area contributed by atoms with Gasteiger partial charge in [-0.1, -0.05) is 58.9 Å². The monoisotopic (exact) mass is 469 g/mol. The van der Waals surface area contributed by atoms with E-state index >= 15 is 0 Å². The summed E-state index contributed by atoms with van der Waals surface area (Å²) in [5.74, 6) is 2.41. The average molecular weight is 470 g/mol. The van der Waals surface area contributed by atoms with E-state index in [1.165, 1.54) is 43.2 Å². The maximum Gasteiger partial charge on any atom is 0.263 e. The molecule has 1 aromatic heterocycles. The minimum Gasteiger partial charge on any atom is -0.470 e. The number of aromatic nitrogens is 2.